The van der Waals surface area contributed by atoms with Crippen LogP contribution in [0.4, 0.5) is 0 Å². The van der Waals surface area contributed by atoms with Gasteiger partial charge in [-0.2, -0.15) is 0 Å². The van der Waals surface area contributed by atoms with Crippen LogP contribution in [0, 0.1) is 0 Å². The predicted molar refractivity (Wildman–Crippen MR) is 73.2 cm³/mol. The molecule has 1 aliphatic heterocycles. The molecular formula is C15H14N2O3. The van der Waals surface area contributed by atoms with Crippen LogP contribution in [0.3, 0.4) is 0 Å². The highest BCUT2D eigenvalue weighted by Gasteiger charge is 2.36. The molecule has 1 amide bonds. The van der Waals surface area contributed by atoms with E-state index in [0.29, 0.717) is 11.5 Å². The van der Waals surface area contributed by atoms with E-state index in [9.17, 15) is 4.79 Å². The lowest BCUT2D eigenvalue weighted by molar-refractivity contribution is -0.114. The van der Waals surface area contributed by atoms with Crippen LogP contribution in [-0.2, 0) is 9.53 Å². The number of ether oxygens (including phenoxy) is 1. The quantitative estimate of drug-likeness (QED) is 0.930. The smallest absolute Gasteiger partial charge is 0.268 e. The summed E-state index contributed by atoms with van der Waals surface area (Å²) in [5.74, 6) is 0.315. The van der Waals surface area contributed by atoms with Gasteiger partial charge in [0.15, 0.2) is 12.3 Å². The van der Waals surface area contributed by atoms with E-state index in [1.54, 1.807) is 25.4 Å². The Morgan fingerprint density at radius 1 is 1.20 bits per heavy atom. The van der Waals surface area contributed by atoms with Crippen molar-refractivity contribution < 1.29 is 13.9 Å². The summed E-state index contributed by atoms with van der Waals surface area (Å²) in [6.45, 7) is 0. The Morgan fingerprint density at radius 3 is 2.65 bits per heavy atom. The number of carbonyl (C=O) groups excluding carboxylic acids is 1. The molecule has 1 aromatic carbocycles. The summed E-state index contributed by atoms with van der Waals surface area (Å²) < 4.78 is 11.2. The summed E-state index contributed by atoms with van der Waals surface area (Å²) in [5.41, 5.74) is 1.24. The van der Waals surface area contributed by atoms with Crippen LogP contribution in [0.15, 0.2) is 58.1 Å². The maximum absolute atomic E-state index is 11.9. The van der Waals surface area contributed by atoms with Gasteiger partial charge in [-0.3, -0.25) is 4.79 Å². The molecule has 102 valence electrons. The van der Waals surface area contributed by atoms with E-state index in [0.717, 1.165) is 5.56 Å². The average Bonchev–Trinajstić information content (AvgIpc) is 3.16. The van der Waals surface area contributed by atoms with Crippen LogP contribution in [0.2, 0.25) is 0 Å². The summed E-state index contributed by atoms with van der Waals surface area (Å²) in [6, 6.07) is 13.1. The van der Waals surface area contributed by atoms with Crippen molar-refractivity contribution in [1.29, 1.82) is 0 Å². The topological polar surface area (TPSA) is 63.8 Å². The van der Waals surface area contributed by atoms with Gasteiger partial charge in [0.1, 0.15) is 11.5 Å². The number of aliphatic imine (C=N–C) groups is 1. The molecule has 1 N–H and O–H groups in total. The van der Waals surface area contributed by atoms with Crippen LogP contribution >= 0.6 is 0 Å². The molecule has 2 heterocycles. The molecule has 20 heavy (non-hydrogen) atoms. The van der Waals surface area contributed by atoms with Crippen LogP contribution in [-0.4, -0.2) is 18.7 Å². The number of nitrogens with zero attached hydrogens (tertiary/aromatic N) is 1. The highest BCUT2D eigenvalue weighted by atomic mass is 16.5. The van der Waals surface area contributed by atoms with Gasteiger partial charge in [0.2, 0.25) is 0 Å². The van der Waals surface area contributed by atoms with Crippen molar-refractivity contribution in [2.24, 2.45) is 4.99 Å². The third kappa shape index (κ3) is 2.23. The van der Waals surface area contributed by atoms with Gasteiger partial charge in [0.05, 0.1) is 6.26 Å². The van der Waals surface area contributed by atoms with Gasteiger partial charge >= 0.3 is 0 Å². The molecular weight excluding hydrogens is 256 g/mol. The van der Waals surface area contributed by atoms with Crippen LogP contribution in [0.1, 0.15) is 23.7 Å². The maximum Gasteiger partial charge on any atom is 0.268 e. The van der Waals surface area contributed by atoms with E-state index >= 15 is 0 Å². The molecule has 3 rings (SSSR count). The lowest BCUT2D eigenvalue weighted by Gasteiger charge is -2.12. The van der Waals surface area contributed by atoms with Gasteiger partial charge < -0.3 is 14.5 Å². The second kappa shape index (κ2) is 5.30. The second-order valence-electron chi connectivity index (χ2n) is 4.39. The lowest BCUT2D eigenvalue weighted by atomic mass is 10.1. The first-order valence-electron chi connectivity index (χ1n) is 6.33. The molecule has 0 saturated carbocycles. The van der Waals surface area contributed by atoms with Crippen molar-refractivity contribution in [3.8, 4) is 0 Å². The molecule has 1 aromatic heterocycles. The van der Waals surface area contributed by atoms with Crippen molar-refractivity contribution in [2.75, 3.05) is 7.05 Å². The first-order valence-corrected chi connectivity index (χ1v) is 6.33. The standard InChI is InChI=1S/C15H14N2O3/c1-16-14(18)12-13(11-8-5-9-19-11)20-15(17-12)10-6-3-2-4-7-10/h2-9,13,15H,1H3,(H,16,18)/t13-,15+/m1/s1. The van der Waals surface area contributed by atoms with Gasteiger partial charge in [-0.25, -0.2) is 4.99 Å². The minimum absolute atomic E-state index is 0.259. The summed E-state index contributed by atoms with van der Waals surface area (Å²) >= 11 is 0. The third-order valence-corrected chi connectivity index (χ3v) is 3.12. The fraction of sp³-hybridized carbons (Fsp3) is 0.200. The molecule has 5 heteroatoms. The Hall–Kier alpha value is -2.40. The number of hydrogen-bond acceptors (Lipinski definition) is 4. The normalized spacial score (nSPS) is 21.6. The summed E-state index contributed by atoms with van der Waals surface area (Å²) in [7, 11) is 1.57. The highest BCUT2D eigenvalue weighted by Crippen LogP contribution is 2.35. The largest absolute Gasteiger partial charge is 0.466 e. The van der Waals surface area contributed by atoms with E-state index in [1.165, 1.54) is 0 Å². The van der Waals surface area contributed by atoms with Crippen molar-refractivity contribution in [2.45, 2.75) is 12.3 Å². The third-order valence-electron chi connectivity index (χ3n) is 3.12. The second-order valence-corrected chi connectivity index (χ2v) is 4.39. The van der Waals surface area contributed by atoms with Crippen LogP contribution < -0.4 is 5.32 Å². The molecule has 2 aromatic rings. The SMILES string of the molecule is CNC(=O)C1=N[C@H](c2ccccc2)O[C@@H]1c1ccco1. The fourth-order valence-corrected chi connectivity index (χ4v) is 2.14. The van der Waals surface area contributed by atoms with Crippen LogP contribution in [0.25, 0.3) is 0 Å². The average molecular weight is 270 g/mol. The summed E-state index contributed by atoms with van der Waals surface area (Å²) in [4.78, 5) is 16.3. The number of benzene rings is 1. The predicted octanol–water partition coefficient (Wildman–Crippen LogP) is 2.24. The molecule has 2 atom stereocenters. The van der Waals surface area contributed by atoms with Crippen molar-refractivity contribution in [1.82, 2.24) is 5.32 Å². The van der Waals surface area contributed by atoms with Crippen molar-refractivity contribution >= 4 is 11.6 Å². The number of hydrogen-bond donors (Lipinski definition) is 1. The van der Waals surface area contributed by atoms with Crippen LogP contribution in [0.5, 0.6) is 0 Å². The Balaban J connectivity index is 1.94. The highest BCUT2D eigenvalue weighted by molar-refractivity contribution is 6.40. The first-order chi connectivity index (χ1) is 9.79. The number of amides is 1. The fourth-order valence-electron chi connectivity index (χ4n) is 2.14. The van der Waals surface area contributed by atoms with Crippen molar-refractivity contribution in [3.63, 3.8) is 0 Å². The molecule has 0 spiro atoms. The molecule has 0 radical (unpaired) electrons. The lowest BCUT2D eigenvalue weighted by Crippen LogP contribution is -2.30. The molecule has 0 saturated heterocycles. The van der Waals surface area contributed by atoms with Crippen molar-refractivity contribution in [3.05, 3.63) is 60.1 Å². The van der Waals surface area contributed by atoms with Gasteiger partial charge in [0.25, 0.3) is 5.91 Å². The Morgan fingerprint density at radius 2 is 2.00 bits per heavy atom. The number of rotatable bonds is 3. The Labute approximate surface area is 116 Å². The minimum atomic E-state index is -0.574. The monoisotopic (exact) mass is 270 g/mol. The molecule has 1 aliphatic rings. The molecule has 0 unspecified atom stereocenters. The Bertz CT molecular complexity index is 620. The van der Waals surface area contributed by atoms with E-state index < -0.39 is 12.3 Å². The van der Waals surface area contributed by atoms with Gasteiger partial charge in [-0.15, -0.1) is 0 Å². The molecule has 0 fully saturated rings. The Kier molecular flexibility index (Phi) is 3.35. The van der Waals surface area contributed by atoms with E-state index in [2.05, 4.69) is 10.3 Å². The number of furan rings is 1. The zero-order chi connectivity index (χ0) is 13.9. The van der Waals surface area contributed by atoms with Gasteiger partial charge in [-0.05, 0) is 12.1 Å². The number of nitrogens with one attached hydrogen (secondary N) is 1. The van der Waals surface area contributed by atoms with Gasteiger partial charge in [0, 0.05) is 12.6 Å². The summed E-state index contributed by atoms with van der Waals surface area (Å²) in [5, 5.41) is 2.58. The maximum atomic E-state index is 11.9. The molecule has 0 bridgehead atoms. The number of carbonyl (C=O) groups is 1. The summed E-state index contributed by atoms with van der Waals surface area (Å²) in [6.07, 6.45) is 0.490. The molecule has 0 aliphatic carbocycles. The van der Waals surface area contributed by atoms with E-state index in [-0.39, 0.29) is 5.91 Å². The first kappa shape index (κ1) is 12.6. The van der Waals surface area contributed by atoms with E-state index in [4.69, 9.17) is 9.15 Å². The minimum Gasteiger partial charge on any atom is -0.466 e. The van der Waals surface area contributed by atoms with Gasteiger partial charge in [-0.1, -0.05) is 30.3 Å². The zero-order valence-corrected chi connectivity index (χ0v) is 10.9. The zero-order valence-electron chi connectivity index (χ0n) is 10.9. The van der Waals surface area contributed by atoms with E-state index in [1.807, 2.05) is 30.3 Å². The molecule has 5 nitrogen and oxygen atoms in total.